The average molecular weight is 399 g/mol. The lowest BCUT2D eigenvalue weighted by molar-refractivity contribution is 0.0600. The molecule has 3 aromatic rings. The van der Waals surface area contributed by atoms with Gasteiger partial charge in [-0.25, -0.2) is 4.79 Å². The van der Waals surface area contributed by atoms with Crippen LogP contribution in [0.2, 0.25) is 0 Å². The van der Waals surface area contributed by atoms with Crippen molar-refractivity contribution in [3.8, 4) is 0 Å². The molecule has 0 saturated carbocycles. The van der Waals surface area contributed by atoms with Crippen LogP contribution in [-0.4, -0.2) is 30.7 Å². The summed E-state index contributed by atoms with van der Waals surface area (Å²) in [5.41, 5.74) is 4.45. The van der Waals surface area contributed by atoms with Crippen LogP contribution in [0.1, 0.15) is 34.3 Å². The zero-order valence-electron chi connectivity index (χ0n) is 16.2. The number of nitrogens with zero attached hydrogens (tertiary/aromatic N) is 1. The van der Waals surface area contributed by atoms with Crippen molar-refractivity contribution >= 4 is 29.3 Å². The third-order valence-corrected chi connectivity index (χ3v) is 5.55. The van der Waals surface area contributed by atoms with E-state index in [9.17, 15) is 4.79 Å². The number of esters is 1. The lowest BCUT2D eigenvalue weighted by Crippen LogP contribution is -2.29. The van der Waals surface area contributed by atoms with Crippen molar-refractivity contribution in [2.45, 2.75) is 25.8 Å². The van der Waals surface area contributed by atoms with E-state index in [0.717, 1.165) is 32.0 Å². The second kappa shape index (κ2) is 9.26. The van der Waals surface area contributed by atoms with Gasteiger partial charge in [-0.15, -0.1) is 12.4 Å². The summed E-state index contributed by atoms with van der Waals surface area (Å²) in [6.45, 7) is 3.34. The summed E-state index contributed by atoms with van der Waals surface area (Å²) in [6, 6.07) is 16.4. The van der Waals surface area contributed by atoms with Gasteiger partial charge in [-0.3, -0.25) is 0 Å². The van der Waals surface area contributed by atoms with E-state index in [1.54, 1.807) is 0 Å². The predicted octanol–water partition coefficient (Wildman–Crippen LogP) is 4.44. The van der Waals surface area contributed by atoms with Crippen LogP contribution in [0.5, 0.6) is 0 Å². The number of piperidine rings is 1. The molecule has 5 heteroatoms. The molecule has 0 unspecified atom stereocenters. The number of fused-ring (bicyclic) bond motifs is 1. The highest BCUT2D eigenvalue weighted by Crippen LogP contribution is 2.26. The number of rotatable bonds is 5. The van der Waals surface area contributed by atoms with Gasteiger partial charge in [0, 0.05) is 23.6 Å². The van der Waals surface area contributed by atoms with Gasteiger partial charge in [-0.1, -0.05) is 30.3 Å². The number of para-hydroxylation sites is 1. The second-order valence-corrected chi connectivity index (χ2v) is 7.38. The standard InChI is InChI=1S/C23H26N2O2.ClH/c1-27-23(26)19-8-6-17(7-9-19)14-20-16-25(15-18-10-12-24-13-11-18)22-5-3-2-4-21(20)22;/h2-9,16,18,24H,10-15H2,1H3;1H. The van der Waals surface area contributed by atoms with E-state index in [1.807, 2.05) is 24.3 Å². The highest BCUT2D eigenvalue weighted by atomic mass is 35.5. The van der Waals surface area contributed by atoms with Crippen LogP contribution in [0.15, 0.2) is 54.7 Å². The Labute approximate surface area is 172 Å². The molecule has 0 radical (unpaired) electrons. The monoisotopic (exact) mass is 398 g/mol. The van der Waals surface area contributed by atoms with Crippen LogP contribution >= 0.6 is 12.4 Å². The van der Waals surface area contributed by atoms with Crippen LogP contribution in [0.25, 0.3) is 10.9 Å². The molecule has 1 N–H and O–H groups in total. The van der Waals surface area contributed by atoms with E-state index in [0.29, 0.717) is 5.56 Å². The third kappa shape index (κ3) is 4.40. The van der Waals surface area contributed by atoms with Crippen LogP contribution in [-0.2, 0) is 17.7 Å². The Morgan fingerprint density at radius 2 is 1.82 bits per heavy atom. The van der Waals surface area contributed by atoms with Crippen molar-refractivity contribution in [1.29, 1.82) is 0 Å². The fourth-order valence-electron chi connectivity index (χ4n) is 4.05. The van der Waals surface area contributed by atoms with E-state index < -0.39 is 0 Å². The number of carbonyl (C=O) groups excluding carboxylic acids is 1. The molecule has 2 heterocycles. The molecule has 0 atom stereocenters. The van der Waals surface area contributed by atoms with Crippen molar-refractivity contribution in [2.75, 3.05) is 20.2 Å². The van der Waals surface area contributed by atoms with Crippen LogP contribution < -0.4 is 5.32 Å². The van der Waals surface area contributed by atoms with E-state index in [-0.39, 0.29) is 18.4 Å². The average Bonchev–Trinajstić information content (AvgIpc) is 3.06. The number of halogens is 1. The Bertz CT molecular complexity index is 927. The Hall–Kier alpha value is -2.30. The summed E-state index contributed by atoms with van der Waals surface area (Å²) in [5, 5.41) is 4.77. The molecule has 148 valence electrons. The normalized spacial score (nSPS) is 14.6. The summed E-state index contributed by atoms with van der Waals surface area (Å²) in [6.07, 6.45) is 5.68. The number of hydrogen-bond acceptors (Lipinski definition) is 3. The quantitative estimate of drug-likeness (QED) is 0.646. The lowest BCUT2D eigenvalue weighted by Gasteiger charge is -2.23. The molecule has 0 spiro atoms. The van der Waals surface area contributed by atoms with E-state index >= 15 is 0 Å². The molecule has 28 heavy (non-hydrogen) atoms. The second-order valence-electron chi connectivity index (χ2n) is 7.38. The molecule has 0 amide bonds. The van der Waals surface area contributed by atoms with Gasteiger partial charge >= 0.3 is 5.97 Å². The maximum atomic E-state index is 11.6. The van der Waals surface area contributed by atoms with Gasteiger partial charge in [0.15, 0.2) is 0 Å². The van der Waals surface area contributed by atoms with Gasteiger partial charge in [-0.2, -0.15) is 0 Å². The highest BCUT2D eigenvalue weighted by molar-refractivity contribution is 5.89. The summed E-state index contributed by atoms with van der Waals surface area (Å²) in [5.74, 6) is 0.453. The first-order valence-corrected chi connectivity index (χ1v) is 9.69. The molecule has 1 aromatic heterocycles. The van der Waals surface area contributed by atoms with Gasteiger partial charge in [0.25, 0.3) is 0 Å². The lowest BCUT2D eigenvalue weighted by atomic mass is 9.98. The number of methoxy groups -OCH3 is 1. The minimum absolute atomic E-state index is 0. The smallest absolute Gasteiger partial charge is 0.337 e. The minimum Gasteiger partial charge on any atom is -0.465 e. The zero-order chi connectivity index (χ0) is 18.6. The summed E-state index contributed by atoms with van der Waals surface area (Å²) < 4.78 is 7.21. The molecule has 1 fully saturated rings. The Morgan fingerprint density at radius 1 is 1.11 bits per heavy atom. The van der Waals surface area contributed by atoms with Crippen molar-refractivity contribution in [3.05, 3.63) is 71.4 Å². The van der Waals surface area contributed by atoms with Crippen molar-refractivity contribution in [3.63, 3.8) is 0 Å². The highest BCUT2D eigenvalue weighted by Gasteiger charge is 2.16. The summed E-state index contributed by atoms with van der Waals surface area (Å²) in [7, 11) is 1.41. The molecule has 4 nitrogen and oxygen atoms in total. The van der Waals surface area contributed by atoms with Crippen LogP contribution in [0, 0.1) is 5.92 Å². The number of aromatic nitrogens is 1. The topological polar surface area (TPSA) is 43.3 Å². The van der Waals surface area contributed by atoms with Crippen molar-refractivity contribution in [1.82, 2.24) is 9.88 Å². The summed E-state index contributed by atoms with van der Waals surface area (Å²) in [4.78, 5) is 11.6. The predicted molar refractivity (Wildman–Crippen MR) is 115 cm³/mol. The number of carbonyl (C=O) groups is 1. The first-order chi connectivity index (χ1) is 13.2. The first-order valence-electron chi connectivity index (χ1n) is 9.69. The Kier molecular flexibility index (Phi) is 6.76. The fraction of sp³-hybridized carbons (Fsp3) is 0.348. The van der Waals surface area contributed by atoms with Gasteiger partial charge in [0.05, 0.1) is 12.7 Å². The van der Waals surface area contributed by atoms with Gasteiger partial charge in [0.2, 0.25) is 0 Å². The largest absolute Gasteiger partial charge is 0.465 e. The van der Waals surface area contributed by atoms with E-state index in [4.69, 9.17) is 4.74 Å². The molecule has 1 saturated heterocycles. The first kappa shape index (κ1) is 20.4. The van der Waals surface area contributed by atoms with Gasteiger partial charge < -0.3 is 14.6 Å². The maximum absolute atomic E-state index is 11.6. The Morgan fingerprint density at radius 3 is 2.54 bits per heavy atom. The van der Waals surface area contributed by atoms with Gasteiger partial charge in [-0.05, 0) is 67.6 Å². The molecule has 4 rings (SSSR count). The number of ether oxygens (including phenoxy) is 1. The molecule has 1 aliphatic heterocycles. The summed E-state index contributed by atoms with van der Waals surface area (Å²) >= 11 is 0. The molecule has 2 aromatic carbocycles. The van der Waals surface area contributed by atoms with E-state index in [1.165, 1.54) is 42.0 Å². The minimum atomic E-state index is -0.292. The third-order valence-electron chi connectivity index (χ3n) is 5.55. The Balaban J connectivity index is 0.00000225. The van der Waals surface area contributed by atoms with Crippen molar-refractivity contribution < 1.29 is 9.53 Å². The maximum Gasteiger partial charge on any atom is 0.337 e. The van der Waals surface area contributed by atoms with Gasteiger partial charge in [0.1, 0.15) is 0 Å². The molecular formula is C23H27ClN2O2. The number of nitrogens with one attached hydrogen (secondary N) is 1. The molecule has 0 bridgehead atoms. The fourth-order valence-corrected chi connectivity index (χ4v) is 4.05. The van der Waals surface area contributed by atoms with Crippen LogP contribution in [0.3, 0.4) is 0 Å². The van der Waals surface area contributed by atoms with E-state index in [2.05, 4.69) is 40.3 Å². The van der Waals surface area contributed by atoms with Crippen LogP contribution in [0.4, 0.5) is 0 Å². The number of hydrogen-bond donors (Lipinski definition) is 1. The zero-order valence-corrected chi connectivity index (χ0v) is 17.0. The number of benzene rings is 2. The SMILES string of the molecule is COC(=O)c1ccc(Cc2cn(CC3CCNCC3)c3ccccc23)cc1.Cl. The molecule has 1 aliphatic rings. The van der Waals surface area contributed by atoms with Crippen molar-refractivity contribution in [2.24, 2.45) is 5.92 Å². The molecular weight excluding hydrogens is 372 g/mol. The molecule has 0 aliphatic carbocycles.